The molecular weight excluding hydrogens is 342 g/mol. The Morgan fingerprint density at radius 2 is 1.93 bits per heavy atom. The van der Waals surface area contributed by atoms with Gasteiger partial charge in [0.2, 0.25) is 5.91 Å². The molecule has 1 aromatic heterocycles. The van der Waals surface area contributed by atoms with Gasteiger partial charge in [0.25, 0.3) is 5.91 Å². The zero-order valence-corrected chi connectivity index (χ0v) is 15.1. The molecule has 2 heterocycles. The van der Waals surface area contributed by atoms with Crippen LogP contribution in [0.3, 0.4) is 0 Å². The molecule has 0 spiro atoms. The van der Waals surface area contributed by atoms with Crippen LogP contribution < -0.4 is 5.73 Å². The normalized spacial score (nSPS) is 20.0. The van der Waals surface area contributed by atoms with Crippen molar-refractivity contribution in [1.82, 2.24) is 10.1 Å². The molecule has 138 valence electrons. The molecule has 0 radical (unpaired) electrons. The lowest BCUT2D eigenvalue weighted by atomic mass is 9.92. The molecule has 3 aromatic rings. The number of amides is 2. The first-order valence-electron chi connectivity index (χ1n) is 9.09. The molecule has 2 atom stereocenters. The Labute approximate surface area is 156 Å². The van der Waals surface area contributed by atoms with Gasteiger partial charge in [-0.05, 0) is 38.0 Å². The van der Waals surface area contributed by atoms with Crippen molar-refractivity contribution in [2.24, 2.45) is 11.7 Å². The molecule has 1 fully saturated rings. The van der Waals surface area contributed by atoms with E-state index in [-0.39, 0.29) is 23.8 Å². The fraction of sp³-hybridized carbons (Fsp3) is 0.286. The Morgan fingerprint density at radius 3 is 2.67 bits per heavy atom. The summed E-state index contributed by atoms with van der Waals surface area (Å²) >= 11 is 0. The molecule has 0 unspecified atom stereocenters. The van der Waals surface area contributed by atoms with E-state index in [4.69, 9.17) is 10.3 Å². The largest absolute Gasteiger partial charge is 0.369 e. The number of carbonyl (C=O) groups is 2. The molecule has 4 rings (SSSR count). The molecule has 0 saturated carbocycles. The number of fused-ring (bicyclic) bond motifs is 1. The number of carbonyl (C=O) groups excluding carboxylic acids is 2. The van der Waals surface area contributed by atoms with Gasteiger partial charge < -0.3 is 15.2 Å². The van der Waals surface area contributed by atoms with Crippen molar-refractivity contribution >= 4 is 22.7 Å². The molecule has 0 aliphatic carbocycles. The van der Waals surface area contributed by atoms with Crippen LogP contribution in [-0.4, -0.2) is 34.5 Å². The van der Waals surface area contributed by atoms with Crippen LogP contribution in [0.5, 0.6) is 0 Å². The van der Waals surface area contributed by atoms with Crippen LogP contribution in [0.2, 0.25) is 0 Å². The summed E-state index contributed by atoms with van der Waals surface area (Å²) in [6.45, 7) is 2.37. The molecule has 2 amide bonds. The predicted molar refractivity (Wildman–Crippen MR) is 102 cm³/mol. The molecule has 1 aliphatic heterocycles. The standard InChI is InChI=1S/C21H21N3O3/c1-13-7-8-16(20(22)25)12-24(13)21(26)15-9-10-18-17(11-15)19(27-23-18)14-5-3-2-4-6-14/h2-6,9-11,13,16H,7-8,12H2,1H3,(H2,22,25)/t13-,16-/m1/s1. The van der Waals surface area contributed by atoms with E-state index in [9.17, 15) is 9.59 Å². The SMILES string of the molecule is C[C@@H]1CC[C@@H](C(N)=O)CN1C(=O)c1ccc2noc(-c3ccccc3)c2c1. The average molecular weight is 363 g/mol. The first kappa shape index (κ1) is 17.3. The summed E-state index contributed by atoms with van der Waals surface area (Å²) in [5.41, 5.74) is 7.62. The molecule has 1 saturated heterocycles. The fourth-order valence-corrected chi connectivity index (χ4v) is 3.66. The van der Waals surface area contributed by atoms with Gasteiger partial charge in [-0.3, -0.25) is 9.59 Å². The van der Waals surface area contributed by atoms with E-state index >= 15 is 0 Å². The van der Waals surface area contributed by atoms with Crippen molar-refractivity contribution in [1.29, 1.82) is 0 Å². The number of rotatable bonds is 3. The molecule has 2 N–H and O–H groups in total. The van der Waals surface area contributed by atoms with E-state index in [1.807, 2.05) is 43.3 Å². The summed E-state index contributed by atoms with van der Waals surface area (Å²) in [5, 5.41) is 4.89. The number of primary amides is 1. The third kappa shape index (κ3) is 3.18. The van der Waals surface area contributed by atoms with Gasteiger partial charge in [0, 0.05) is 23.7 Å². The Hall–Kier alpha value is -3.15. The first-order chi connectivity index (χ1) is 13.0. The number of nitrogens with two attached hydrogens (primary N) is 1. The summed E-state index contributed by atoms with van der Waals surface area (Å²) in [6, 6.07) is 15.1. The number of hydrogen-bond acceptors (Lipinski definition) is 4. The lowest BCUT2D eigenvalue weighted by molar-refractivity contribution is -0.123. The molecule has 6 nitrogen and oxygen atoms in total. The van der Waals surface area contributed by atoms with Crippen LogP contribution in [0.1, 0.15) is 30.1 Å². The minimum absolute atomic E-state index is 0.0693. The first-order valence-corrected chi connectivity index (χ1v) is 9.09. The maximum absolute atomic E-state index is 13.1. The molecule has 1 aliphatic rings. The predicted octanol–water partition coefficient (Wildman–Crippen LogP) is 3.22. The lowest BCUT2D eigenvalue weighted by Crippen LogP contribution is -2.48. The Balaban J connectivity index is 1.69. The van der Waals surface area contributed by atoms with Crippen LogP contribution in [-0.2, 0) is 4.79 Å². The van der Waals surface area contributed by atoms with Gasteiger partial charge in [0.15, 0.2) is 5.76 Å². The van der Waals surface area contributed by atoms with Crippen LogP contribution in [0.15, 0.2) is 53.1 Å². The van der Waals surface area contributed by atoms with Crippen LogP contribution >= 0.6 is 0 Å². The second-order valence-electron chi connectivity index (χ2n) is 7.09. The molecule has 0 bridgehead atoms. The highest BCUT2D eigenvalue weighted by atomic mass is 16.5. The van der Waals surface area contributed by atoms with Gasteiger partial charge in [-0.15, -0.1) is 0 Å². The number of aromatic nitrogens is 1. The van der Waals surface area contributed by atoms with Crippen molar-refractivity contribution in [2.75, 3.05) is 6.54 Å². The van der Waals surface area contributed by atoms with E-state index in [2.05, 4.69) is 5.16 Å². The maximum Gasteiger partial charge on any atom is 0.254 e. The fourth-order valence-electron chi connectivity index (χ4n) is 3.66. The minimum atomic E-state index is -0.347. The van der Waals surface area contributed by atoms with Crippen LogP contribution in [0, 0.1) is 5.92 Å². The Kier molecular flexibility index (Phi) is 4.39. The summed E-state index contributed by atoms with van der Waals surface area (Å²) in [7, 11) is 0. The van der Waals surface area contributed by atoms with E-state index in [0.29, 0.717) is 23.4 Å². The molecule has 6 heteroatoms. The van der Waals surface area contributed by atoms with Crippen molar-refractivity contribution < 1.29 is 14.1 Å². The highest BCUT2D eigenvalue weighted by molar-refractivity contribution is 6.01. The molecule has 2 aromatic carbocycles. The second-order valence-corrected chi connectivity index (χ2v) is 7.09. The number of hydrogen-bond donors (Lipinski definition) is 1. The van der Waals surface area contributed by atoms with Gasteiger partial charge in [-0.2, -0.15) is 0 Å². The van der Waals surface area contributed by atoms with E-state index in [1.165, 1.54) is 0 Å². The van der Waals surface area contributed by atoms with Crippen LogP contribution in [0.4, 0.5) is 0 Å². The minimum Gasteiger partial charge on any atom is -0.369 e. The Morgan fingerprint density at radius 1 is 1.15 bits per heavy atom. The summed E-state index contributed by atoms with van der Waals surface area (Å²) in [6.07, 6.45) is 1.49. The smallest absolute Gasteiger partial charge is 0.254 e. The highest BCUT2D eigenvalue weighted by Crippen LogP contribution is 2.30. The Bertz CT molecular complexity index is 996. The molecule has 27 heavy (non-hydrogen) atoms. The number of piperidine rings is 1. The van der Waals surface area contributed by atoms with Crippen molar-refractivity contribution in [3.8, 4) is 11.3 Å². The number of benzene rings is 2. The maximum atomic E-state index is 13.1. The third-order valence-corrected chi connectivity index (χ3v) is 5.30. The summed E-state index contributed by atoms with van der Waals surface area (Å²) in [5.74, 6) is -0.0950. The zero-order chi connectivity index (χ0) is 19.0. The van der Waals surface area contributed by atoms with E-state index < -0.39 is 0 Å². The van der Waals surface area contributed by atoms with Crippen molar-refractivity contribution in [3.05, 3.63) is 54.1 Å². The van der Waals surface area contributed by atoms with Crippen molar-refractivity contribution in [2.45, 2.75) is 25.8 Å². The van der Waals surface area contributed by atoms with Gasteiger partial charge in [0.05, 0.1) is 11.3 Å². The summed E-state index contributed by atoms with van der Waals surface area (Å²) < 4.78 is 5.51. The van der Waals surface area contributed by atoms with E-state index in [1.54, 1.807) is 17.0 Å². The molecular formula is C21H21N3O3. The topological polar surface area (TPSA) is 89.4 Å². The van der Waals surface area contributed by atoms with Gasteiger partial charge in [-0.1, -0.05) is 35.5 Å². The monoisotopic (exact) mass is 363 g/mol. The highest BCUT2D eigenvalue weighted by Gasteiger charge is 2.32. The van der Waals surface area contributed by atoms with Crippen molar-refractivity contribution in [3.63, 3.8) is 0 Å². The zero-order valence-electron chi connectivity index (χ0n) is 15.1. The van der Waals surface area contributed by atoms with Gasteiger partial charge in [-0.25, -0.2) is 0 Å². The van der Waals surface area contributed by atoms with Gasteiger partial charge in [0.1, 0.15) is 5.52 Å². The average Bonchev–Trinajstić information content (AvgIpc) is 3.11. The van der Waals surface area contributed by atoms with Gasteiger partial charge >= 0.3 is 0 Å². The number of likely N-dealkylation sites (tertiary alicyclic amines) is 1. The summed E-state index contributed by atoms with van der Waals surface area (Å²) in [4.78, 5) is 26.4. The van der Waals surface area contributed by atoms with Crippen LogP contribution in [0.25, 0.3) is 22.2 Å². The lowest BCUT2D eigenvalue weighted by Gasteiger charge is -2.37. The quantitative estimate of drug-likeness (QED) is 0.774. The number of nitrogens with zero attached hydrogens (tertiary/aromatic N) is 2. The third-order valence-electron chi connectivity index (χ3n) is 5.30. The van der Waals surface area contributed by atoms with E-state index in [0.717, 1.165) is 23.8 Å². The second kappa shape index (κ2) is 6.87.